The summed E-state index contributed by atoms with van der Waals surface area (Å²) in [5, 5.41) is 13.7. The molecule has 0 aliphatic heterocycles. The van der Waals surface area contributed by atoms with Gasteiger partial charge in [-0.2, -0.15) is 5.26 Å². The Morgan fingerprint density at radius 2 is 1.88 bits per heavy atom. The maximum Gasteiger partial charge on any atom is 0.337 e. The lowest BCUT2D eigenvalue weighted by Crippen LogP contribution is -2.13. The number of fused-ring (bicyclic) bond motifs is 1. The second-order valence-corrected chi connectivity index (χ2v) is 7.99. The van der Waals surface area contributed by atoms with Gasteiger partial charge in [-0.3, -0.25) is 4.79 Å². The van der Waals surface area contributed by atoms with E-state index in [1.165, 1.54) is 7.11 Å². The molecule has 1 amide bonds. The van der Waals surface area contributed by atoms with Gasteiger partial charge in [-0.25, -0.2) is 4.79 Å². The smallest absolute Gasteiger partial charge is 0.337 e. The highest BCUT2D eigenvalue weighted by Gasteiger charge is 2.14. The number of halogens is 1. The van der Waals surface area contributed by atoms with Crippen LogP contribution in [0.1, 0.15) is 21.5 Å². The molecule has 0 aliphatic rings. The molecule has 0 saturated carbocycles. The minimum absolute atomic E-state index is 0.0319. The molecule has 6 nitrogen and oxygen atoms in total. The van der Waals surface area contributed by atoms with E-state index in [4.69, 9.17) is 16.3 Å². The molecule has 0 bridgehead atoms. The predicted octanol–water partition coefficient (Wildman–Crippen LogP) is 5.68. The molecule has 0 unspecified atom stereocenters. The third-order valence-corrected chi connectivity index (χ3v) is 5.50. The molecular formula is C27H20ClN3O3. The van der Waals surface area contributed by atoms with Gasteiger partial charge >= 0.3 is 5.97 Å². The Morgan fingerprint density at radius 3 is 2.65 bits per heavy atom. The van der Waals surface area contributed by atoms with Crippen molar-refractivity contribution in [2.24, 2.45) is 0 Å². The number of para-hydroxylation sites is 1. The fraction of sp³-hybridized carbons (Fsp3) is 0.0741. The van der Waals surface area contributed by atoms with E-state index in [9.17, 15) is 14.9 Å². The Morgan fingerprint density at radius 1 is 1.09 bits per heavy atom. The fourth-order valence-corrected chi connectivity index (χ4v) is 3.89. The van der Waals surface area contributed by atoms with Crippen LogP contribution < -0.4 is 5.32 Å². The number of aromatic nitrogens is 1. The van der Waals surface area contributed by atoms with Crippen molar-refractivity contribution >= 4 is 46.1 Å². The molecule has 168 valence electrons. The van der Waals surface area contributed by atoms with Gasteiger partial charge in [-0.15, -0.1) is 0 Å². The number of hydrogen-bond donors (Lipinski definition) is 1. The van der Waals surface area contributed by atoms with Crippen LogP contribution in [0.2, 0.25) is 5.02 Å². The first-order valence-corrected chi connectivity index (χ1v) is 10.8. The Hall–Kier alpha value is -4.34. The van der Waals surface area contributed by atoms with Gasteiger partial charge in [0.1, 0.15) is 11.6 Å². The summed E-state index contributed by atoms with van der Waals surface area (Å²) in [4.78, 5) is 24.6. The van der Waals surface area contributed by atoms with Crippen molar-refractivity contribution in [1.82, 2.24) is 4.57 Å². The molecule has 4 aromatic rings. The number of anilines is 1. The molecule has 0 fully saturated rings. The summed E-state index contributed by atoms with van der Waals surface area (Å²) in [6.07, 6.45) is 3.46. The van der Waals surface area contributed by atoms with Gasteiger partial charge in [0.15, 0.2) is 0 Å². The van der Waals surface area contributed by atoms with E-state index >= 15 is 0 Å². The molecule has 3 aromatic carbocycles. The highest BCUT2D eigenvalue weighted by atomic mass is 35.5. The van der Waals surface area contributed by atoms with Gasteiger partial charge in [0, 0.05) is 39.9 Å². The molecule has 4 rings (SSSR count). The van der Waals surface area contributed by atoms with Gasteiger partial charge in [0.25, 0.3) is 5.91 Å². The van der Waals surface area contributed by atoms with E-state index in [0.717, 1.165) is 22.0 Å². The number of amides is 1. The first-order chi connectivity index (χ1) is 16.5. The zero-order valence-corrected chi connectivity index (χ0v) is 19.0. The summed E-state index contributed by atoms with van der Waals surface area (Å²) in [7, 11) is 1.35. The number of hydrogen-bond acceptors (Lipinski definition) is 4. The first-order valence-electron chi connectivity index (χ1n) is 10.4. The van der Waals surface area contributed by atoms with E-state index in [1.54, 1.807) is 42.5 Å². The topological polar surface area (TPSA) is 84.1 Å². The quantitative estimate of drug-likeness (QED) is 0.224. The maximum atomic E-state index is 12.7. The van der Waals surface area contributed by atoms with Crippen molar-refractivity contribution in [3.05, 3.63) is 106 Å². The molecular weight excluding hydrogens is 450 g/mol. The summed E-state index contributed by atoms with van der Waals surface area (Å²) in [5.74, 6) is -0.917. The zero-order chi connectivity index (χ0) is 24.1. The number of methoxy groups -OCH3 is 1. The largest absolute Gasteiger partial charge is 0.465 e. The number of esters is 1. The van der Waals surface area contributed by atoms with Crippen LogP contribution in [-0.2, 0) is 16.1 Å². The third-order valence-electron chi connectivity index (χ3n) is 5.27. The number of rotatable bonds is 6. The van der Waals surface area contributed by atoms with Crippen molar-refractivity contribution in [2.45, 2.75) is 6.54 Å². The molecule has 0 radical (unpaired) electrons. The number of nitriles is 1. The van der Waals surface area contributed by atoms with E-state index in [2.05, 4.69) is 5.32 Å². The number of ether oxygens (including phenoxy) is 1. The zero-order valence-electron chi connectivity index (χ0n) is 18.3. The third kappa shape index (κ3) is 5.01. The van der Waals surface area contributed by atoms with Crippen LogP contribution in [0, 0.1) is 11.3 Å². The van der Waals surface area contributed by atoms with Crippen molar-refractivity contribution in [2.75, 3.05) is 12.4 Å². The van der Waals surface area contributed by atoms with Crippen LogP contribution in [0.3, 0.4) is 0 Å². The van der Waals surface area contributed by atoms with Crippen LogP contribution in [0.5, 0.6) is 0 Å². The molecule has 0 aliphatic carbocycles. The van der Waals surface area contributed by atoms with Gasteiger partial charge in [0.05, 0.1) is 12.7 Å². The highest BCUT2D eigenvalue weighted by Crippen LogP contribution is 2.25. The summed E-state index contributed by atoms with van der Waals surface area (Å²) in [5.41, 5.74) is 3.53. The monoisotopic (exact) mass is 469 g/mol. The van der Waals surface area contributed by atoms with Gasteiger partial charge in [-0.1, -0.05) is 48.0 Å². The Balaban J connectivity index is 1.67. The van der Waals surface area contributed by atoms with Crippen molar-refractivity contribution in [3.63, 3.8) is 0 Å². The van der Waals surface area contributed by atoms with Crippen molar-refractivity contribution in [1.29, 1.82) is 5.26 Å². The highest BCUT2D eigenvalue weighted by molar-refractivity contribution is 6.31. The van der Waals surface area contributed by atoms with E-state index < -0.39 is 11.9 Å². The fourth-order valence-electron chi connectivity index (χ4n) is 3.70. The molecule has 7 heteroatoms. The SMILES string of the molecule is COC(=O)c1cccc(Cn2cc(/C=C(\C#N)C(=O)Nc3cccc(Cl)c3)c3ccccc32)c1. The minimum Gasteiger partial charge on any atom is -0.465 e. The molecule has 1 aromatic heterocycles. The number of nitrogens with zero attached hydrogens (tertiary/aromatic N) is 2. The average molecular weight is 470 g/mol. The second kappa shape index (κ2) is 10.1. The lowest BCUT2D eigenvalue weighted by Gasteiger charge is -2.07. The van der Waals surface area contributed by atoms with Crippen LogP contribution in [0.25, 0.3) is 17.0 Å². The average Bonchev–Trinajstić information content (AvgIpc) is 3.19. The summed E-state index contributed by atoms with van der Waals surface area (Å²) in [6.45, 7) is 0.496. The number of benzene rings is 3. The summed E-state index contributed by atoms with van der Waals surface area (Å²) < 4.78 is 6.83. The number of carbonyl (C=O) groups excluding carboxylic acids is 2. The number of nitrogens with one attached hydrogen (secondary N) is 1. The molecule has 0 saturated heterocycles. The second-order valence-electron chi connectivity index (χ2n) is 7.56. The van der Waals surface area contributed by atoms with Crippen LogP contribution in [-0.4, -0.2) is 23.6 Å². The lowest BCUT2D eigenvalue weighted by molar-refractivity contribution is -0.112. The molecule has 0 spiro atoms. The van der Waals surface area contributed by atoms with E-state index in [1.807, 2.05) is 53.2 Å². The van der Waals surface area contributed by atoms with Crippen LogP contribution in [0.4, 0.5) is 5.69 Å². The number of carbonyl (C=O) groups is 2. The normalized spacial score (nSPS) is 11.1. The van der Waals surface area contributed by atoms with E-state index in [0.29, 0.717) is 22.8 Å². The Kier molecular flexibility index (Phi) is 6.77. The standard InChI is InChI=1S/C27H20ClN3O3/c1-34-27(33)19-7-4-6-18(12-19)16-31-17-21(24-10-2-3-11-25(24)31)13-20(15-29)26(32)30-23-9-5-8-22(28)14-23/h2-14,17H,16H2,1H3,(H,30,32)/b20-13+. The minimum atomic E-state index is -0.521. The maximum absolute atomic E-state index is 12.7. The summed E-state index contributed by atoms with van der Waals surface area (Å²) >= 11 is 5.98. The Bertz CT molecular complexity index is 1460. The molecule has 1 heterocycles. The summed E-state index contributed by atoms with van der Waals surface area (Å²) in [6, 6.07) is 23.7. The Labute approximate surface area is 201 Å². The van der Waals surface area contributed by atoms with E-state index in [-0.39, 0.29) is 5.57 Å². The first kappa shape index (κ1) is 22.8. The van der Waals surface area contributed by atoms with Crippen molar-refractivity contribution < 1.29 is 14.3 Å². The lowest BCUT2D eigenvalue weighted by atomic mass is 10.1. The van der Waals surface area contributed by atoms with Gasteiger partial charge in [0.2, 0.25) is 0 Å². The molecule has 0 atom stereocenters. The predicted molar refractivity (Wildman–Crippen MR) is 132 cm³/mol. The van der Waals surface area contributed by atoms with Gasteiger partial charge < -0.3 is 14.6 Å². The van der Waals surface area contributed by atoms with Gasteiger partial charge in [-0.05, 0) is 48.0 Å². The molecule has 34 heavy (non-hydrogen) atoms. The molecule has 1 N–H and O–H groups in total. The van der Waals surface area contributed by atoms with Crippen molar-refractivity contribution in [3.8, 4) is 6.07 Å². The van der Waals surface area contributed by atoms with Crippen LogP contribution in [0.15, 0.2) is 84.6 Å². The van der Waals surface area contributed by atoms with Crippen LogP contribution >= 0.6 is 11.6 Å².